The van der Waals surface area contributed by atoms with Crippen LogP contribution in [0.1, 0.15) is 62.1 Å². The first-order valence-electron chi connectivity index (χ1n) is 11.2. The van der Waals surface area contributed by atoms with Crippen LogP contribution in [-0.2, 0) is 11.2 Å². The van der Waals surface area contributed by atoms with Gasteiger partial charge in [0.15, 0.2) is 5.65 Å². The van der Waals surface area contributed by atoms with Gasteiger partial charge in [-0.15, -0.1) is 0 Å². The molecule has 0 radical (unpaired) electrons. The van der Waals surface area contributed by atoms with Gasteiger partial charge in [0.25, 0.3) is 0 Å². The Morgan fingerprint density at radius 1 is 1.34 bits per heavy atom. The second-order valence-electron chi connectivity index (χ2n) is 9.84. The van der Waals surface area contributed by atoms with Crippen molar-refractivity contribution in [2.45, 2.75) is 58.3 Å². The van der Waals surface area contributed by atoms with Gasteiger partial charge >= 0.3 is 12.1 Å². The number of carbonyl (C=O) groups is 2. The molecule has 0 saturated carbocycles. The summed E-state index contributed by atoms with van der Waals surface area (Å²) in [6.07, 6.45) is 2.54. The number of alkyl carbamates (subject to hydrolysis) is 1. The van der Waals surface area contributed by atoms with Crippen LogP contribution in [0.3, 0.4) is 0 Å². The normalized spacial score (nSPS) is 18.0. The number of nitrogens with one attached hydrogen (secondary N) is 2. The first-order valence-corrected chi connectivity index (χ1v) is 11.2. The molecule has 3 N–H and O–H groups in total. The largest absolute Gasteiger partial charge is 0.485 e. The highest BCUT2D eigenvalue weighted by Crippen LogP contribution is 2.42. The molecule has 0 saturated heterocycles. The van der Waals surface area contributed by atoms with E-state index in [1.807, 2.05) is 6.92 Å². The Morgan fingerprint density at radius 2 is 2.09 bits per heavy atom. The van der Waals surface area contributed by atoms with Crippen LogP contribution in [0.5, 0.6) is 5.75 Å². The molecule has 35 heavy (non-hydrogen) atoms. The van der Waals surface area contributed by atoms with Crippen molar-refractivity contribution in [3.05, 3.63) is 53.1 Å². The summed E-state index contributed by atoms with van der Waals surface area (Å²) in [6, 6.07) is 4.34. The predicted octanol–water partition coefficient (Wildman–Crippen LogP) is 3.96. The predicted molar refractivity (Wildman–Crippen MR) is 125 cm³/mol. The van der Waals surface area contributed by atoms with Crippen LogP contribution < -0.4 is 15.4 Å². The van der Waals surface area contributed by atoms with Gasteiger partial charge in [-0.05, 0) is 46.8 Å². The number of aromatic carboxylic acids is 1. The number of amides is 1. The van der Waals surface area contributed by atoms with Crippen molar-refractivity contribution < 1.29 is 28.6 Å². The van der Waals surface area contributed by atoms with E-state index in [4.69, 9.17) is 9.47 Å². The fraction of sp³-hybridized carbons (Fsp3) is 0.417. The second-order valence-corrected chi connectivity index (χ2v) is 9.84. The Bertz CT molecular complexity index is 1300. The molecule has 1 aliphatic rings. The van der Waals surface area contributed by atoms with Crippen LogP contribution in [0.25, 0.3) is 5.65 Å². The number of nitrogens with zero attached hydrogens (tertiary/aromatic N) is 3. The minimum absolute atomic E-state index is 0.0134. The van der Waals surface area contributed by atoms with Gasteiger partial charge in [0, 0.05) is 23.7 Å². The van der Waals surface area contributed by atoms with Crippen molar-refractivity contribution in [1.82, 2.24) is 19.9 Å². The SMILES string of the molecule is C[C@@H](Nc1ccn2ncc(C(=O)O)c2n1)c1ccc(F)c2c1OC(C)(CNC(=O)OC(C)(C)C)C2. The molecule has 11 heteroatoms. The maximum Gasteiger partial charge on any atom is 0.407 e. The standard InChI is InChI=1S/C24H28FN5O5/c1-13(28-18-8-9-30-20(29-18)16(11-27-30)21(31)32)14-6-7-17(25)15-10-24(5,34-19(14)15)12-26-22(33)35-23(2,3)4/h6-9,11,13H,10,12H2,1-5H3,(H,26,33)(H,28,29)(H,31,32)/t13-,24?/m1/s1. The molecule has 10 nitrogen and oxygen atoms in total. The third kappa shape index (κ3) is 5.13. The van der Waals surface area contributed by atoms with Crippen molar-refractivity contribution >= 4 is 23.5 Å². The maximum atomic E-state index is 14.7. The van der Waals surface area contributed by atoms with Crippen molar-refractivity contribution in [1.29, 1.82) is 0 Å². The molecule has 3 aromatic rings. The van der Waals surface area contributed by atoms with Gasteiger partial charge in [0.05, 0.1) is 18.8 Å². The van der Waals surface area contributed by atoms with Gasteiger partial charge in [0.2, 0.25) is 0 Å². The average Bonchev–Trinajstić information content (AvgIpc) is 3.33. The van der Waals surface area contributed by atoms with Crippen molar-refractivity contribution in [2.24, 2.45) is 0 Å². The molecule has 186 valence electrons. The van der Waals surface area contributed by atoms with E-state index in [-0.39, 0.29) is 36.0 Å². The first kappa shape index (κ1) is 24.2. The Labute approximate surface area is 201 Å². The molecule has 0 aliphatic carbocycles. The highest BCUT2D eigenvalue weighted by atomic mass is 19.1. The molecule has 0 spiro atoms. The van der Waals surface area contributed by atoms with Crippen molar-refractivity contribution in [3.8, 4) is 5.75 Å². The summed E-state index contributed by atoms with van der Waals surface area (Å²) in [6.45, 7) is 9.12. The molecule has 3 heterocycles. The summed E-state index contributed by atoms with van der Waals surface area (Å²) in [5.41, 5.74) is -0.171. The zero-order valence-corrected chi connectivity index (χ0v) is 20.2. The fourth-order valence-electron chi connectivity index (χ4n) is 3.98. The Hall–Kier alpha value is -3.89. The third-order valence-corrected chi connectivity index (χ3v) is 5.57. The lowest BCUT2D eigenvalue weighted by molar-refractivity contribution is 0.0447. The second kappa shape index (κ2) is 8.71. The zero-order valence-electron chi connectivity index (χ0n) is 20.2. The van der Waals surface area contributed by atoms with Gasteiger partial charge in [-0.25, -0.2) is 23.5 Å². The van der Waals surface area contributed by atoms with Gasteiger partial charge in [-0.2, -0.15) is 5.10 Å². The van der Waals surface area contributed by atoms with Gasteiger partial charge < -0.3 is 25.2 Å². The van der Waals surface area contributed by atoms with Crippen molar-refractivity contribution in [3.63, 3.8) is 0 Å². The van der Waals surface area contributed by atoms with E-state index in [2.05, 4.69) is 20.7 Å². The van der Waals surface area contributed by atoms with Crippen LogP contribution in [0.2, 0.25) is 0 Å². The number of aromatic nitrogens is 3. The van der Waals surface area contributed by atoms with E-state index < -0.39 is 23.3 Å². The van der Waals surface area contributed by atoms with Gasteiger partial charge in [0.1, 0.15) is 34.2 Å². The smallest absolute Gasteiger partial charge is 0.407 e. The molecular formula is C24H28FN5O5. The molecule has 1 amide bonds. The molecule has 0 bridgehead atoms. The zero-order chi connectivity index (χ0) is 25.5. The summed E-state index contributed by atoms with van der Waals surface area (Å²) < 4.78 is 27.5. The minimum atomic E-state index is -1.12. The number of fused-ring (bicyclic) bond motifs is 2. The molecule has 1 aliphatic heterocycles. The number of benzene rings is 1. The Morgan fingerprint density at radius 3 is 2.77 bits per heavy atom. The number of hydrogen-bond acceptors (Lipinski definition) is 7. The van der Waals surface area contributed by atoms with E-state index in [9.17, 15) is 19.1 Å². The molecule has 1 unspecified atom stereocenters. The minimum Gasteiger partial charge on any atom is -0.485 e. The molecular weight excluding hydrogens is 457 g/mol. The van der Waals surface area contributed by atoms with E-state index in [0.717, 1.165) is 0 Å². The van der Waals surface area contributed by atoms with Gasteiger partial charge in [-0.3, -0.25) is 0 Å². The summed E-state index contributed by atoms with van der Waals surface area (Å²) in [5, 5.41) is 19.2. The van der Waals surface area contributed by atoms with E-state index in [1.165, 1.54) is 16.8 Å². The molecule has 2 atom stereocenters. The van der Waals surface area contributed by atoms with Gasteiger partial charge in [-0.1, -0.05) is 6.07 Å². The first-order chi connectivity index (χ1) is 16.3. The molecule has 0 fully saturated rings. The number of carboxylic acid groups (broad SMARTS) is 1. The topological polar surface area (TPSA) is 127 Å². The number of rotatable bonds is 6. The lowest BCUT2D eigenvalue weighted by atomic mass is 9.96. The number of hydrogen-bond donors (Lipinski definition) is 3. The molecule has 1 aromatic carbocycles. The van der Waals surface area contributed by atoms with Crippen LogP contribution in [0.15, 0.2) is 30.6 Å². The quantitative estimate of drug-likeness (QED) is 0.479. The number of carbonyl (C=O) groups excluding carboxylic acids is 1. The average molecular weight is 486 g/mol. The van der Waals surface area contributed by atoms with E-state index in [1.54, 1.807) is 46.0 Å². The highest BCUT2D eigenvalue weighted by molar-refractivity contribution is 5.94. The lowest BCUT2D eigenvalue weighted by Gasteiger charge is -2.27. The molecule has 2 aromatic heterocycles. The molecule has 4 rings (SSSR count). The number of carboxylic acids is 1. The Kier molecular flexibility index (Phi) is 6.04. The number of anilines is 1. The van der Waals surface area contributed by atoms with E-state index >= 15 is 0 Å². The van der Waals surface area contributed by atoms with Crippen LogP contribution in [0, 0.1) is 5.82 Å². The Balaban J connectivity index is 1.53. The van der Waals surface area contributed by atoms with Crippen LogP contribution in [-0.4, -0.2) is 49.5 Å². The summed E-state index contributed by atoms with van der Waals surface area (Å²) in [4.78, 5) is 27.9. The summed E-state index contributed by atoms with van der Waals surface area (Å²) in [5.74, 6) is -0.669. The monoisotopic (exact) mass is 485 g/mol. The number of halogens is 1. The van der Waals surface area contributed by atoms with Crippen molar-refractivity contribution in [2.75, 3.05) is 11.9 Å². The van der Waals surface area contributed by atoms with E-state index in [0.29, 0.717) is 22.7 Å². The summed E-state index contributed by atoms with van der Waals surface area (Å²) in [7, 11) is 0. The van der Waals surface area contributed by atoms with Crippen LogP contribution >= 0.6 is 0 Å². The fourth-order valence-corrected chi connectivity index (χ4v) is 3.98. The van der Waals surface area contributed by atoms with Crippen LogP contribution in [0.4, 0.5) is 15.0 Å². The third-order valence-electron chi connectivity index (χ3n) is 5.57. The highest BCUT2D eigenvalue weighted by Gasteiger charge is 2.39. The maximum absolute atomic E-state index is 14.7. The number of ether oxygens (including phenoxy) is 2. The summed E-state index contributed by atoms with van der Waals surface area (Å²) >= 11 is 0. The lowest BCUT2D eigenvalue weighted by Crippen LogP contribution is -2.45.